The molecule has 1 aromatic heterocycles. The van der Waals surface area contributed by atoms with Crippen molar-refractivity contribution in [1.29, 1.82) is 0 Å². The average molecular weight is 371 g/mol. The zero-order valence-corrected chi connectivity index (χ0v) is 14.1. The van der Waals surface area contributed by atoms with Crippen molar-refractivity contribution >= 4 is 32.7 Å². The number of carbonyl (C=O) groups is 1. The standard InChI is InChI=1S/C18H15BrN2O2/c1-11(12-6-8-13(19)9-7-12)21-18(23)15-10-20-16-5-3-2-4-14(16)17(15)22/h2-11H,1H3,(H,20,22)(H,21,23)/t11-/m1/s1. The van der Waals surface area contributed by atoms with Crippen molar-refractivity contribution < 1.29 is 4.79 Å². The fraction of sp³-hybridized carbons (Fsp3) is 0.111. The first kappa shape index (κ1) is 15.5. The van der Waals surface area contributed by atoms with E-state index in [1.54, 1.807) is 12.1 Å². The molecule has 1 amide bonds. The van der Waals surface area contributed by atoms with Crippen molar-refractivity contribution in [1.82, 2.24) is 10.3 Å². The molecule has 0 saturated heterocycles. The van der Waals surface area contributed by atoms with Crippen LogP contribution in [0.4, 0.5) is 0 Å². The summed E-state index contributed by atoms with van der Waals surface area (Å²) >= 11 is 3.38. The van der Waals surface area contributed by atoms with E-state index in [2.05, 4.69) is 26.2 Å². The van der Waals surface area contributed by atoms with Crippen LogP contribution >= 0.6 is 15.9 Å². The highest BCUT2D eigenvalue weighted by Gasteiger charge is 2.15. The minimum Gasteiger partial charge on any atom is -0.360 e. The maximum atomic E-state index is 12.4. The molecule has 1 atom stereocenters. The van der Waals surface area contributed by atoms with Crippen LogP contribution in [0.5, 0.6) is 0 Å². The summed E-state index contributed by atoms with van der Waals surface area (Å²) in [4.78, 5) is 27.9. The van der Waals surface area contributed by atoms with Gasteiger partial charge in [0, 0.05) is 21.6 Å². The molecular formula is C18H15BrN2O2. The Kier molecular flexibility index (Phi) is 4.30. The molecule has 0 aliphatic rings. The number of hydrogen-bond donors (Lipinski definition) is 2. The molecule has 3 rings (SSSR count). The van der Waals surface area contributed by atoms with Crippen molar-refractivity contribution in [3.8, 4) is 0 Å². The lowest BCUT2D eigenvalue weighted by Crippen LogP contribution is -2.31. The van der Waals surface area contributed by atoms with Crippen molar-refractivity contribution in [2.24, 2.45) is 0 Å². The van der Waals surface area contributed by atoms with Gasteiger partial charge in [-0.15, -0.1) is 0 Å². The predicted octanol–water partition coefficient (Wildman–Crippen LogP) is 3.78. The molecule has 23 heavy (non-hydrogen) atoms. The molecule has 0 aliphatic heterocycles. The first-order valence-electron chi connectivity index (χ1n) is 7.23. The second-order valence-corrected chi connectivity index (χ2v) is 6.24. The second-order valence-electron chi connectivity index (χ2n) is 5.32. The van der Waals surface area contributed by atoms with E-state index in [-0.39, 0.29) is 22.9 Å². The van der Waals surface area contributed by atoms with E-state index in [0.717, 1.165) is 15.6 Å². The van der Waals surface area contributed by atoms with Gasteiger partial charge in [0.1, 0.15) is 5.56 Å². The third kappa shape index (κ3) is 3.19. The normalized spacial score (nSPS) is 12.1. The molecular weight excluding hydrogens is 356 g/mol. The minimum atomic E-state index is -0.382. The van der Waals surface area contributed by atoms with E-state index in [0.29, 0.717) is 5.39 Å². The van der Waals surface area contributed by atoms with Crippen LogP contribution in [-0.2, 0) is 0 Å². The highest BCUT2D eigenvalue weighted by molar-refractivity contribution is 9.10. The Hall–Kier alpha value is -2.40. The molecule has 2 aromatic carbocycles. The van der Waals surface area contributed by atoms with Gasteiger partial charge in [-0.2, -0.15) is 0 Å². The number of hydrogen-bond acceptors (Lipinski definition) is 2. The lowest BCUT2D eigenvalue weighted by molar-refractivity contribution is 0.0938. The smallest absolute Gasteiger partial charge is 0.257 e. The number of H-pyrrole nitrogens is 1. The van der Waals surface area contributed by atoms with Gasteiger partial charge in [-0.05, 0) is 36.8 Å². The molecule has 2 N–H and O–H groups in total. The van der Waals surface area contributed by atoms with E-state index in [9.17, 15) is 9.59 Å². The van der Waals surface area contributed by atoms with E-state index in [1.165, 1.54) is 6.20 Å². The fourth-order valence-electron chi connectivity index (χ4n) is 2.45. The maximum Gasteiger partial charge on any atom is 0.257 e. The zero-order valence-electron chi connectivity index (χ0n) is 12.5. The molecule has 0 radical (unpaired) electrons. The summed E-state index contributed by atoms with van der Waals surface area (Å²) < 4.78 is 0.978. The predicted molar refractivity (Wildman–Crippen MR) is 94.6 cm³/mol. The van der Waals surface area contributed by atoms with Crippen molar-refractivity contribution in [2.45, 2.75) is 13.0 Å². The van der Waals surface area contributed by atoms with Crippen molar-refractivity contribution in [3.05, 3.63) is 80.6 Å². The molecule has 0 spiro atoms. The van der Waals surface area contributed by atoms with Gasteiger partial charge in [-0.25, -0.2) is 0 Å². The van der Waals surface area contributed by atoms with Crippen LogP contribution in [0.15, 0.2) is 64.0 Å². The monoisotopic (exact) mass is 370 g/mol. The quantitative estimate of drug-likeness (QED) is 0.736. The first-order valence-corrected chi connectivity index (χ1v) is 8.02. The van der Waals surface area contributed by atoms with Crippen LogP contribution in [0, 0.1) is 0 Å². The number of halogens is 1. The van der Waals surface area contributed by atoms with Gasteiger partial charge in [-0.3, -0.25) is 9.59 Å². The Balaban J connectivity index is 1.87. The number of fused-ring (bicyclic) bond motifs is 1. The average Bonchev–Trinajstić information content (AvgIpc) is 2.56. The Morgan fingerprint density at radius 1 is 1.13 bits per heavy atom. The molecule has 3 aromatic rings. The number of benzene rings is 2. The largest absolute Gasteiger partial charge is 0.360 e. The van der Waals surface area contributed by atoms with E-state index in [1.807, 2.05) is 43.3 Å². The number of aromatic nitrogens is 1. The molecule has 5 heteroatoms. The first-order chi connectivity index (χ1) is 11.1. The molecule has 0 aliphatic carbocycles. The summed E-state index contributed by atoms with van der Waals surface area (Å²) in [5.74, 6) is -0.382. The zero-order chi connectivity index (χ0) is 16.4. The van der Waals surface area contributed by atoms with Crippen LogP contribution in [-0.4, -0.2) is 10.9 Å². The third-order valence-corrected chi connectivity index (χ3v) is 4.28. The van der Waals surface area contributed by atoms with Gasteiger partial charge in [-0.1, -0.05) is 40.2 Å². The Morgan fingerprint density at radius 2 is 1.83 bits per heavy atom. The van der Waals surface area contributed by atoms with E-state index < -0.39 is 0 Å². The van der Waals surface area contributed by atoms with Crippen LogP contribution in [0.3, 0.4) is 0 Å². The Morgan fingerprint density at radius 3 is 2.57 bits per heavy atom. The van der Waals surface area contributed by atoms with Gasteiger partial charge >= 0.3 is 0 Å². The Bertz CT molecular complexity index is 916. The van der Waals surface area contributed by atoms with Gasteiger partial charge < -0.3 is 10.3 Å². The van der Waals surface area contributed by atoms with Crippen LogP contribution < -0.4 is 10.7 Å². The lowest BCUT2D eigenvalue weighted by atomic mass is 10.1. The number of para-hydroxylation sites is 1. The summed E-state index contributed by atoms with van der Waals surface area (Å²) in [7, 11) is 0. The van der Waals surface area contributed by atoms with E-state index in [4.69, 9.17) is 0 Å². The number of amides is 1. The summed E-state index contributed by atoms with van der Waals surface area (Å²) in [5.41, 5.74) is 1.54. The number of rotatable bonds is 3. The summed E-state index contributed by atoms with van der Waals surface area (Å²) in [6.07, 6.45) is 1.47. The summed E-state index contributed by atoms with van der Waals surface area (Å²) in [6, 6.07) is 14.6. The van der Waals surface area contributed by atoms with Crippen LogP contribution in [0.25, 0.3) is 10.9 Å². The van der Waals surface area contributed by atoms with Gasteiger partial charge in [0.25, 0.3) is 5.91 Å². The van der Waals surface area contributed by atoms with E-state index >= 15 is 0 Å². The van der Waals surface area contributed by atoms with Crippen LogP contribution in [0.1, 0.15) is 28.9 Å². The molecule has 116 valence electrons. The van der Waals surface area contributed by atoms with Gasteiger partial charge in [0.15, 0.2) is 0 Å². The molecule has 4 nitrogen and oxygen atoms in total. The topological polar surface area (TPSA) is 62.0 Å². The maximum absolute atomic E-state index is 12.4. The van der Waals surface area contributed by atoms with Crippen molar-refractivity contribution in [3.63, 3.8) is 0 Å². The van der Waals surface area contributed by atoms with Gasteiger partial charge in [0.05, 0.1) is 6.04 Å². The highest BCUT2D eigenvalue weighted by Crippen LogP contribution is 2.17. The summed E-state index contributed by atoms with van der Waals surface area (Å²) in [6.45, 7) is 1.89. The molecule has 0 fully saturated rings. The fourth-order valence-corrected chi connectivity index (χ4v) is 2.71. The molecule has 1 heterocycles. The Labute approximate surface area is 141 Å². The SMILES string of the molecule is C[C@@H](NC(=O)c1c[nH]c2ccccc2c1=O)c1ccc(Br)cc1. The molecule has 0 unspecified atom stereocenters. The van der Waals surface area contributed by atoms with Gasteiger partial charge in [0.2, 0.25) is 5.43 Å². The number of pyridine rings is 1. The number of carbonyl (C=O) groups excluding carboxylic acids is 1. The number of nitrogens with one attached hydrogen (secondary N) is 2. The molecule has 0 saturated carbocycles. The third-order valence-electron chi connectivity index (χ3n) is 3.75. The minimum absolute atomic E-state index is 0.118. The highest BCUT2D eigenvalue weighted by atomic mass is 79.9. The second kappa shape index (κ2) is 6.38. The lowest BCUT2D eigenvalue weighted by Gasteiger charge is -2.14. The summed E-state index contributed by atoms with van der Waals surface area (Å²) in [5, 5.41) is 3.37. The van der Waals surface area contributed by atoms with Crippen molar-refractivity contribution in [2.75, 3.05) is 0 Å². The number of aromatic amines is 1. The van der Waals surface area contributed by atoms with Crippen LogP contribution in [0.2, 0.25) is 0 Å². The molecule has 0 bridgehead atoms.